The lowest BCUT2D eigenvalue weighted by Gasteiger charge is -2.41. The standard InChI is InChI=1S/C17H23NO4/c1-11(2)10-17(7-4-8-17)16(21)18-12-5-6-13(15(19)20)14(9-12)22-3/h5-6,9,11H,4,7-8,10H2,1-3H3,(H,18,21)(H,19,20). The molecule has 0 atom stereocenters. The Morgan fingerprint density at radius 2 is 2.05 bits per heavy atom. The Morgan fingerprint density at radius 3 is 2.50 bits per heavy atom. The molecule has 2 N–H and O–H groups in total. The van der Waals surface area contributed by atoms with Crippen LogP contribution in [0, 0.1) is 11.3 Å². The third-order valence-electron chi connectivity index (χ3n) is 4.28. The van der Waals surface area contributed by atoms with Crippen LogP contribution < -0.4 is 10.1 Å². The van der Waals surface area contributed by atoms with E-state index in [9.17, 15) is 9.59 Å². The number of methoxy groups -OCH3 is 1. The molecule has 1 amide bonds. The number of carbonyl (C=O) groups is 2. The smallest absolute Gasteiger partial charge is 0.339 e. The first-order chi connectivity index (χ1) is 10.4. The van der Waals surface area contributed by atoms with Gasteiger partial charge in [-0.25, -0.2) is 4.79 Å². The van der Waals surface area contributed by atoms with Gasteiger partial charge in [0.05, 0.1) is 7.11 Å². The van der Waals surface area contributed by atoms with Gasteiger partial charge in [-0.2, -0.15) is 0 Å². The zero-order chi connectivity index (χ0) is 16.3. The Hall–Kier alpha value is -2.04. The van der Waals surface area contributed by atoms with E-state index in [0.717, 1.165) is 25.7 Å². The minimum Gasteiger partial charge on any atom is -0.496 e. The van der Waals surface area contributed by atoms with E-state index in [1.807, 2.05) is 0 Å². The minimum atomic E-state index is -1.05. The molecule has 0 spiro atoms. The number of ether oxygens (including phenoxy) is 1. The van der Waals surface area contributed by atoms with Crippen molar-refractivity contribution in [1.29, 1.82) is 0 Å². The summed E-state index contributed by atoms with van der Waals surface area (Å²) in [6.45, 7) is 4.25. The number of carboxylic acid groups (broad SMARTS) is 1. The van der Waals surface area contributed by atoms with E-state index in [1.165, 1.54) is 13.2 Å². The van der Waals surface area contributed by atoms with Crippen LogP contribution in [0.1, 0.15) is 49.9 Å². The summed E-state index contributed by atoms with van der Waals surface area (Å²) in [5.74, 6) is -0.311. The second-order valence-electron chi connectivity index (χ2n) is 6.41. The minimum absolute atomic E-state index is 0.0255. The topological polar surface area (TPSA) is 75.6 Å². The van der Waals surface area contributed by atoms with Gasteiger partial charge < -0.3 is 15.2 Å². The number of amides is 1. The number of hydrogen-bond donors (Lipinski definition) is 2. The van der Waals surface area contributed by atoms with Crippen molar-refractivity contribution in [3.05, 3.63) is 23.8 Å². The summed E-state index contributed by atoms with van der Waals surface area (Å²) in [6, 6.07) is 4.61. The molecule has 1 aromatic carbocycles. The number of hydrogen-bond acceptors (Lipinski definition) is 3. The monoisotopic (exact) mass is 305 g/mol. The molecule has 1 aliphatic rings. The average Bonchev–Trinajstić information content (AvgIpc) is 2.42. The maximum Gasteiger partial charge on any atom is 0.339 e. The van der Waals surface area contributed by atoms with Crippen molar-refractivity contribution in [3.8, 4) is 5.75 Å². The fourth-order valence-electron chi connectivity index (χ4n) is 3.12. The Bertz CT molecular complexity index is 576. The molecule has 2 rings (SSSR count). The number of aromatic carboxylic acids is 1. The van der Waals surface area contributed by atoms with Crippen LogP contribution in [-0.2, 0) is 4.79 Å². The lowest BCUT2D eigenvalue weighted by atomic mass is 9.64. The van der Waals surface area contributed by atoms with Gasteiger partial charge in [0, 0.05) is 17.2 Å². The first-order valence-electron chi connectivity index (χ1n) is 7.61. The SMILES string of the molecule is COc1cc(NC(=O)C2(CC(C)C)CCC2)ccc1C(=O)O. The third kappa shape index (κ3) is 3.24. The molecular formula is C17H23NO4. The number of nitrogens with one attached hydrogen (secondary N) is 1. The van der Waals surface area contributed by atoms with Gasteiger partial charge in [-0.3, -0.25) is 4.79 Å². The molecule has 1 saturated carbocycles. The Morgan fingerprint density at radius 1 is 1.36 bits per heavy atom. The maximum atomic E-state index is 12.6. The molecular weight excluding hydrogens is 282 g/mol. The zero-order valence-electron chi connectivity index (χ0n) is 13.3. The van der Waals surface area contributed by atoms with Crippen molar-refractivity contribution in [2.45, 2.75) is 39.5 Å². The van der Waals surface area contributed by atoms with Crippen LogP contribution in [0.4, 0.5) is 5.69 Å². The maximum absolute atomic E-state index is 12.6. The van der Waals surface area contributed by atoms with Gasteiger partial charge in [0.15, 0.2) is 0 Å². The average molecular weight is 305 g/mol. The molecule has 0 heterocycles. The number of benzene rings is 1. The van der Waals surface area contributed by atoms with E-state index in [4.69, 9.17) is 9.84 Å². The van der Waals surface area contributed by atoms with Gasteiger partial charge in [-0.1, -0.05) is 20.3 Å². The fourth-order valence-corrected chi connectivity index (χ4v) is 3.12. The van der Waals surface area contributed by atoms with Crippen LogP contribution in [0.15, 0.2) is 18.2 Å². The van der Waals surface area contributed by atoms with Crippen LogP contribution >= 0.6 is 0 Å². The van der Waals surface area contributed by atoms with E-state index in [-0.39, 0.29) is 22.6 Å². The first-order valence-corrected chi connectivity index (χ1v) is 7.61. The lowest BCUT2D eigenvalue weighted by molar-refractivity contribution is -0.131. The van der Waals surface area contributed by atoms with Crippen LogP contribution in [0.25, 0.3) is 0 Å². The number of rotatable bonds is 6. The number of anilines is 1. The Labute approximate surface area is 130 Å². The van der Waals surface area contributed by atoms with E-state index in [2.05, 4.69) is 19.2 Å². The summed E-state index contributed by atoms with van der Waals surface area (Å²) in [7, 11) is 1.42. The van der Waals surface area contributed by atoms with Gasteiger partial charge >= 0.3 is 5.97 Å². The summed E-state index contributed by atoms with van der Waals surface area (Å²) < 4.78 is 5.09. The molecule has 0 unspecified atom stereocenters. The summed E-state index contributed by atoms with van der Waals surface area (Å²) in [4.78, 5) is 23.7. The highest BCUT2D eigenvalue weighted by Gasteiger charge is 2.44. The van der Waals surface area contributed by atoms with Gasteiger partial charge in [0.1, 0.15) is 11.3 Å². The van der Waals surface area contributed by atoms with E-state index < -0.39 is 5.97 Å². The van der Waals surface area contributed by atoms with E-state index in [1.54, 1.807) is 12.1 Å². The van der Waals surface area contributed by atoms with E-state index in [0.29, 0.717) is 11.6 Å². The van der Waals surface area contributed by atoms with Crippen molar-refractivity contribution in [1.82, 2.24) is 0 Å². The van der Waals surface area contributed by atoms with E-state index >= 15 is 0 Å². The zero-order valence-corrected chi connectivity index (χ0v) is 13.3. The molecule has 5 nitrogen and oxygen atoms in total. The molecule has 0 bridgehead atoms. The van der Waals surface area contributed by atoms with Gasteiger partial charge in [0.2, 0.25) is 5.91 Å². The van der Waals surface area contributed by atoms with Crippen LogP contribution in [0.2, 0.25) is 0 Å². The Balaban J connectivity index is 2.16. The van der Waals surface area contributed by atoms with Gasteiger partial charge in [-0.15, -0.1) is 0 Å². The van der Waals surface area contributed by atoms with Crippen molar-refractivity contribution < 1.29 is 19.4 Å². The molecule has 1 fully saturated rings. The van der Waals surface area contributed by atoms with Crippen LogP contribution in [0.5, 0.6) is 5.75 Å². The second-order valence-corrected chi connectivity index (χ2v) is 6.41. The summed E-state index contributed by atoms with van der Waals surface area (Å²) in [5, 5.41) is 12.0. The fraction of sp³-hybridized carbons (Fsp3) is 0.529. The highest BCUT2D eigenvalue weighted by Crippen LogP contribution is 2.46. The molecule has 0 aromatic heterocycles. The third-order valence-corrected chi connectivity index (χ3v) is 4.28. The molecule has 0 saturated heterocycles. The van der Waals surface area contributed by atoms with Crippen molar-refractivity contribution in [2.75, 3.05) is 12.4 Å². The number of carboxylic acids is 1. The van der Waals surface area contributed by atoms with Crippen molar-refractivity contribution in [2.24, 2.45) is 11.3 Å². The quantitative estimate of drug-likeness (QED) is 0.842. The van der Waals surface area contributed by atoms with Crippen LogP contribution in [-0.4, -0.2) is 24.1 Å². The molecule has 22 heavy (non-hydrogen) atoms. The highest BCUT2D eigenvalue weighted by molar-refractivity contribution is 5.97. The molecule has 1 aliphatic carbocycles. The van der Waals surface area contributed by atoms with Gasteiger partial charge in [0.25, 0.3) is 0 Å². The van der Waals surface area contributed by atoms with Gasteiger partial charge in [-0.05, 0) is 37.3 Å². The summed E-state index contributed by atoms with van der Waals surface area (Å²) in [6.07, 6.45) is 3.80. The van der Waals surface area contributed by atoms with Crippen LogP contribution in [0.3, 0.4) is 0 Å². The Kier molecular flexibility index (Phi) is 4.74. The molecule has 0 aliphatic heterocycles. The predicted octanol–water partition coefficient (Wildman–Crippen LogP) is 3.55. The summed E-state index contributed by atoms with van der Waals surface area (Å²) >= 11 is 0. The molecule has 1 aromatic rings. The molecule has 120 valence electrons. The number of carbonyl (C=O) groups excluding carboxylic acids is 1. The first kappa shape index (κ1) is 16.3. The molecule has 5 heteroatoms. The molecule has 0 radical (unpaired) electrons. The predicted molar refractivity (Wildman–Crippen MR) is 84.3 cm³/mol. The largest absolute Gasteiger partial charge is 0.496 e. The summed E-state index contributed by atoms with van der Waals surface area (Å²) in [5.41, 5.74) is 0.385. The highest BCUT2D eigenvalue weighted by atomic mass is 16.5. The van der Waals surface area contributed by atoms with Crippen molar-refractivity contribution >= 4 is 17.6 Å². The lowest BCUT2D eigenvalue weighted by Crippen LogP contribution is -2.42. The normalized spacial score (nSPS) is 16.0. The van der Waals surface area contributed by atoms with Crippen molar-refractivity contribution in [3.63, 3.8) is 0 Å². The second kappa shape index (κ2) is 6.38.